The van der Waals surface area contributed by atoms with Crippen LogP contribution in [0.4, 0.5) is 13.2 Å². The lowest BCUT2D eigenvalue weighted by Crippen LogP contribution is -2.16. The minimum Gasteiger partial charge on any atom is -0.330 e. The van der Waals surface area contributed by atoms with E-state index in [-0.39, 0.29) is 5.92 Å². The molecular formula is C16H15BrF3N. The molecular weight excluding hydrogens is 343 g/mol. The van der Waals surface area contributed by atoms with Gasteiger partial charge in [-0.05, 0) is 36.2 Å². The molecule has 21 heavy (non-hydrogen) atoms. The molecule has 0 radical (unpaired) electrons. The fourth-order valence-corrected chi connectivity index (χ4v) is 2.89. The summed E-state index contributed by atoms with van der Waals surface area (Å²) in [5.74, 6) is -0.0240. The van der Waals surface area contributed by atoms with E-state index in [2.05, 4.69) is 15.9 Å². The first-order valence-corrected chi connectivity index (χ1v) is 7.31. The minimum absolute atomic E-state index is 0.0240. The predicted octanol–water partition coefficient (Wildman–Crippen LogP) is 4.75. The van der Waals surface area contributed by atoms with E-state index in [4.69, 9.17) is 5.73 Å². The zero-order valence-electron chi connectivity index (χ0n) is 11.2. The van der Waals surface area contributed by atoms with E-state index < -0.39 is 11.7 Å². The van der Waals surface area contributed by atoms with Gasteiger partial charge < -0.3 is 5.73 Å². The van der Waals surface area contributed by atoms with Crippen LogP contribution < -0.4 is 5.73 Å². The van der Waals surface area contributed by atoms with Crippen LogP contribution in [0.15, 0.2) is 53.0 Å². The van der Waals surface area contributed by atoms with Gasteiger partial charge in [-0.25, -0.2) is 0 Å². The molecule has 0 aliphatic carbocycles. The standard InChI is InChI=1S/C16H15BrF3N/c17-15-7-2-1-6-14(15)12(10-21)8-11-4-3-5-13(9-11)16(18,19)20/h1-7,9,12H,8,10,21H2. The van der Waals surface area contributed by atoms with Gasteiger partial charge in [0.2, 0.25) is 0 Å². The highest BCUT2D eigenvalue weighted by molar-refractivity contribution is 9.10. The van der Waals surface area contributed by atoms with E-state index in [1.165, 1.54) is 12.1 Å². The first-order chi connectivity index (χ1) is 9.91. The Balaban J connectivity index is 2.26. The molecule has 2 N–H and O–H groups in total. The highest BCUT2D eigenvalue weighted by Gasteiger charge is 2.30. The van der Waals surface area contributed by atoms with Crippen LogP contribution in [0, 0.1) is 0 Å². The summed E-state index contributed by atoms with van der Waals surface area (Å²) in [6.45, 7) is 0.374. The Morgan fingerprint density at radius 3 is 2.38 bits per heavy atom. The molecule has 2 rings (SSSR count). The van der Waals surface area contributed by atoms with Crippen LogP contribution in [-0.4, -0.2) is 6.54 Å². The lowest BCUT2D eigenvalue weighted by Gasteiger charge is -2.18. The minimum atomic E-state index is -4.32. The molecule has 1 nitrogen and oxygen atoms in total. The number of hydrogen-bond acceptors (Lipinski definition) is 1. The van der Waals surface area contributed by atoms with Crippen molar-refractivity contribution in [3.8, 4) is 0 Å². The second-order valence-electron chi connectivity index (χ2n) is 4.86. The van der Waals surface area contributed by atoms with Crippen LogP contribution in [0.5, 0.6) is 0 Å². The van der Waals surface area contributed by atoms with Gasteiger partial charge in [-0.3, -0.25) is 0 Å². The smallest absolute Gasteiger partial charge is 0.330 e. The van der Waals surface area contributed by atoms with Gasteiger partial charge in [0, 0.05) is 10.4 Å². The van der Waals surface area contributed by atoms with E-state index in [9.17, 15) is 13.2 Å². The van der Waals surface area contributed by atoms with Crippen LogP contribution in [0.2, 0.25) is 0 Å². The first-order valence-electron chi connectivity index (χ1n) is 6.52. The third kappa shape index (κ3) is 4.08. The molecule has 0 saturated carbocycles. The molecule has 1 atom stereocenters. The summed E-state index contributed by atoms with van der Waals surface area (Å²) in [5.41, 5.74) is 6.83. The number of nitrogens with two attached hydrogens (primary N) is 1. The number of alkyl halides is 3. The van der Waals surface area contributed by atoms with Crippen LogP contribution in [0.1, 0.15) is 22.6 Å². The number of benzene rings is 2. The first kappa shape index (κ1) is 16.0. The fourth-order valence-electron chi connectivity index (χ4n) is 2.29. The van der Waals surface area contributed by atoms with Crippen molar-refractivity contribution in [3.05, 3.63) is 69.7 Å². The van der Waals surface area contributed by atoms with E-state index in [1.807, 2.05) is 24.3 Å². The molecule has 0 bridgehead atoms. The second kappa shape index (κ2) is 6.62. The van der Waals surface area contributed by atoms with Crippen molar-refractivity contribution in [2.45, 2.75) is 18.5 Å². The lowest BCUT2D eigenvalue weighted by atomic mass is 9.91. The van der Waals surface area contributed by atoms with E-state index in [0.717, 1.165) is 16.1 Å². The Morgan fingerprint density at radius 2 is 1.76 bits per heavy atom. The van der Waals surface area contributed by atoms with Crippen molar-refractivity contribution < 1.29 is 13.2 Å². The number of hydrogen-bond donors (Lipinski definition) is 1. The van der Waals surface area contributed by atoms with Crippen LogP contribution in [0.3, 0.4) is 0 Å². The SMILES string of the molecule is NCC(Cc1cccc(C(F)(F)F)c1)c1ccccc1Br. The molecule has 5 heteroatoms. The average Bonchev–Trinajstić information content (AvgIpc) is 2.45. The zero-order valence-corrected chi connectivity index (χ0v) is 12.8. The van der Waals surface area contributed by atoms with Crippen molar-refractivity contribution in [1.82, 2.24) is 0 Å². The molecule has 0 aliphatic heterocycles. The summed E-state index contributed by atoms with van der Waals surface area (Å²) in [6, 6.07) is 13.1. The van der Waals surface area contributed by atoms with Gasteiger partial charge in [0.05, 0.1) is 5.56 Å². The van der Waals surface area contributed by atoms with Gasteiger partial charge in [-0.1, -0.05) is 52.3 Å². The molecule has 0 aliphatic rings. The van der Waals surface area contributed by atoms with Gasteiger partial charge in [-0.15, -0.1) is 0 Å². The van der Waals surface area contributed by atoms with Crippen molar-refractivity contribution in [3.63, 3.8) is 0 Å². The van der Waals surface area contributed by atoms with E-state index >= 15 is 0 Å². The lowest BCUT2D eigenvalue weighted by molar-refractivity contribution is -0.137. The Hall–Kier alpha value is -1.33. The molecule has 0 heterocycles. The molecule has 0 spiro atoms. The van der Waals surface area contributed by atoms with E-state index in [1.54, 1.807) is 6.07 Å². The molecule has 112 valence electrons. The highest BCUT2D eigenvalue weighted by atomic mass is 79.9. The van der Waals surface area contributed by atoms with Crippen molar-refractivity contribution in [2.75, 3.05) is 6.54 Å². The summed E-state index contributed by atoms with van der Waals surface area (Å²) in [7, 11) is 0. The maximum atomic E-state index is 12.7. The molecule has 1 unspecified atom stereocenters. The fraction of sp³-hybridized carbons (Fsp3) is 0.250. The molecule has 2 aromatic carbocycles. The second-order valence-corrected chi connectivity index (χ2v) is 5.71. The Kier molecular flexibility index (Phi) is 5.06. The molecule has 0 fully saturated rings. The Morgan fingerprint density at radius 1 is 1.05 bits per heavy atom. The molecule has 0 aromatic heterocycles. The van der Waals surface area contributed by atoms with Crippen molar-refractivity contribution in [1.29, 1.82) is 0 Å². The maximum absolute atomic E-state index is 12.7. The molecule has 0 saturated heterocycles. The Labute approximate surface area is 130 Å². The van der Waals surface area contributed by atoms with Crippen LogP contribution >= 0.6 is 15.9 Å². The zero-order chi connectivity index (χ0) is 15.5. The van der Waals surface area contributed by atoms with Gasteiger partial charge in [0.15, 0.2) is 0 Å². The van der Waals surface area contributed by atoms with Gasteiger partial charge >= 0.3 is 6.18 Å². The van der Waals surface area contributed by atoms with Crippen molar-refractivity contribution >= 4 is 15.9 Å². The number of halogens is 4. The highest BCUT2D eigenvalue weighted by Crippen LogP contribution is 2.31. The summed E-state index contributed by atoms with van der Waals surface area (Å²) in [4.78, 5) is 0. The van der Waals surface area contributed by atoms with Gasteiger partial charge in [-0.2, -0.15) is 13.2 Å². The van der Waals surface area contributed by atoms with E-state index in [0.29, 0.717) is 18.5 Å². The number of rotatable bonds is 4. The van der Waals surface area contributed by atoms with Gasteiger partial charge in [0.1, 0.15) is 0 Å². The average molecular weight is 358 g/mol. The summed E-state index contributed by atoms with van der Waals surface area (Å²) < 4.78 is 39.1. The quantitative estimate of drug-likeness (QED) is 0.839. The topological polar surface area (TPSA) is 26.0 Å². The summed E-state index contributed by atoms with van der Waals surface area (Å²) in [5, 5.41) is 0. The normalized spacial score (nSPS) is 13.2. The van der Waals surface area contributed by atoms with Gasteiger partial charge in [0.25, 0.3) is 0 Å². The third-order valence-corrected chi connectivity index (χ3v) is 4.09. The predicted molar refractivity (Wildman–Crippen MR) is 81.1 cm³/mol. The molecule has 0 amide bonds. The van der Waals surface area contributed by atoms with Crippen molar-refractivity contribution in [2.24, 2.45) is 5.73 Å². The third-order valence-electron chi connectivity index (χ3n) is 3.37. The monoisotopic (exact) mass is 357 g/mol. The summed E-state index contributed by atoms with van der Waals surface area (Å²) >= 11 is 3.46. The molecule has 2 aromatic rings. The Bertz CT molecular complexity index is 610. The largest absolute Gasteiger partial charge is 0.416 e. The van der Waals surface area contributed by atoms with Crippen LogP contribution in [-0.2, 0) is 12.6 Å². The summed E-state index contributed by atoms with van der Waals surface area (Å²) in [6.07, 6.45) is -3.84. The van der Waals surface area contributed by atoms with Crippen LogP contribution in [0.25, 0.3) is 0 Å². The maximum Gasteiger partial charge on any atom is 0.416 e.